The fourth-order valence-corrected chi connectivity index (χ4v) is 7.06. The molecule has 0 saturated carbocycles. The standard InChI is InChI=1S/C23H22ClNO6S2/c1-30-22-4-2-3-5-23(22)31-18-8-12-20(13-9-18)33(28,29)25-15-14-21(16-25)32(26,27)19-10-6-17(24)7-11-19/h2-13,21H,14-16H2,1H3. The van der Waals surface area contributed by atoms with Crippen LogP contribution in [0.3, 0.4) is 0 Å². The number of hydrogen-bond donors (Lipinski definition) is 0. The number of ether oxygens (including phenoxy) is 2. The Labute approximate surface area is 198 Å². The predicted molar refractivity (Wildman–Crippen MR) is 125 cm³/mol. The highest BCUT2D eigenvalue weighted by atomic mass is 35.5. The number of para-hydroxylation sites is 2. The van der Waals surface area contributed by atoms with Gasteiger partial charge in [-0.1, -0.05) is 23.7 Å². The largest absolute Gasteiger partial charge is 0.493 e. The van der Waals surface area contributed by atoms with E-state index >= 15 is 0 Å². The zero-order valence-corrected chi connectivity index (χ0v) is 20.1. The highest BCUT2D eigenvalue weighted by Gasteiger charge is 2.39. The van der Waals surface area contributed by atoms with E-state index in [1.165, 1.54) is 47.8 Å². The van der Waals surface area contributed by atoms with Gasteiger partial charge in [0.25, 0.3) is 0 Å². The minimum absolute atomic E-state index is 0.0689. The summed E-state index contributed by atoms with van der Waals surface area (Å²) in [6.45, 7) is 0.0199. The normalized spacial score (nSPS) is 17.1. The molecule has 7 nitrogen and oxygen atoms in total. The molecule has 1 aliphatic rings. The smallest absolute Gasteiger partial charge is 0.243 e. The summed E-state index contributed by atoms with van der Waals surface area (Å²) in [7, 11) is -6.00. The number of sulfone groups is 1. The molecule has 4 rings (SSSR count). The third-order valence-electron chi connectivity index (χ3n) is 5.45. The fraction of sp³-hybridized carbons (Fsp3) is 0.217. The van der Waals surface area contributed by atoms with Crippen LogP contribution in [0.2, 0.25) is 5.02 Å². The van der Waals surface area contributed by atoms with E-state index in [0.29, 0.717) is 22.3 Å². The van der Waals surface area contributed by atoms with Crippen molar-refractivity contribution in [2.24, 2.45) is 0 Å². The highest BCUT2D eigenvalue weighted by molar-refractivity contribution is 7.92. The zero-order valence-electron chi connectivity index (χ0n) is 17.7. The van der Waals surface area contributed by atoms with Crippen LogP contribution in [0.25, 0.3) is 0 Å². The van der Waals surface area contributed by atoms with Crippen LogP contribution < -0.4 is 9.47 Å². The van der Waals surface area contributed by atoms with Crippen LogP contribution in [0.1, 0.15) is 6.42 Å². The molecule has 1 aliphatic heterocycles. The van der Waals surface area contributed by atoms with Crippen LogP contribution in [0.4, 0.5) is 0 Å². The Morgan fingerprint density at radius 1 is 0.848 bits per heavy atom. The number of nitrogens with zero attached hydrogens (tertiary/aromatic N) is 1. The van der Waals surface area contributed by atoms with Crippen LogP contribution in [-0.4, -0.2) is 46.6 Å². The summed E-state index contributed by atoms with van der Waals surface area (Å²) in [5, 5.41) is -0.385. The van der Waals surface area contributed by atoms with Crippen molar-refractivity contribution < 1.29 is 26.3 Å². The number of methoxy groups -OCH3 is 1. The molecule has 1 fully saturated rings. The van der Waals surface area contributed by atoms with E-state index < -0.39 is 25.1 Å². The van der Waals surface area contributed by atoms with Gasteiger partial charge in [-0.05, 0) is 67.1 Å². The first-order valence-electron chi connectivity index (χ1n) is 10.1. The van der Waals surface area contributed by atoms with Crippen LogP contribution in [0.5, 0.6) is 17.2 Å². The molecule has 1 atom stereocenters. The van der Waals surface area contributed by atoms with Gasteiger partial charge in [0.2, 0.25) is 10.0 Å². The number of rotatable bonds is 7. The third-order valence-corrected chi connectivity index (χ3v) is 9.77. The molecule has 0 amide bonds. The molecule has 1 heterocycles. The first-order valence-corrected chi connectivity index (χ1v) is 13.5. The molecule has 10 heteroatoms. The minimum Gasteiger partial charge on any atom is -0.493 e. The maximum absolute atomic E-state index is 13.1. The Kier molecular flexibility index (Phi) is 6.67. The molecule has 174 valence electrons. The lowest BCUT2D eigenvalue weighted by atomic mass is 10.3. The summed E-state index contributed by atoms with van der Waals surface area (Å²) in [6.07, 6.45) is 0.221. The van der Waals surface area contributed by atoms with Crippen LogP contribution in [0.15, 0.2) is 82.6 Å². The first kappa shape index (κ1) is 23.6. The van der Waals surface area contributed by atoms with Gasteiger partial charge in [0, 0.05) is 18.1 Å². The van der Waals surface area contributed by atoms with Crippen molar-refractivity contribution in [3.05, 3.63) is 77.8 Å². The van der Waals surface area contributed by atoms with Gasteiger partial charge in [-0.3, -0.25) is 0 Å². The van der Waals surface area contributed by atoms with Crippen LogP contribution in [0, 0.1) is 0 Å². The second-order valence-electron chi connectivity index (χ2n) is 7.50. The van der Waals surface area contributed by atoms with E-state index in [-0.39, 0.29) is 29.3 Å². The number of hydrogen-bond acceptors (Lipinski definition) is 6. The predicted octanol–water partition coefficient (Wildman–Crippen LogP) is 4.38. The molecule has 0 spiro atoms. The van der Waals surface area contributed by atoms with E-state index in [4.69, 9.17) is 21.1 Å². The van der Waals surface area contributed by atoms with Crippen molar-refractivity contribution in [1.82, 2.24) is 4.31 Å². The van der Waals surface area contributed by atoms with Gasteiger partial charge < -0.3 is 9.47 Å². The number of sulfonamides is 1. The Morgan fingerprint density at radius 3 is 2.09 bits per heavy atom. The summed E-state index contributed by atoms with van der Waals surface area (Å²) in [6, 6.07) is 19.0. The van der Waals surface area contributed by atoms with E-state index in [2.05, 4.69) is 0 Å². The quantitative estimate of drug-likeness (QED) is 0.471. The van der Waals surface area contributed by atoms with Gasteiger partial charge in [-0.15, -0.1) is 0 Å². The molecule has 0 bridgehead atoms. The van der Waals surface area contributed by atoms with Crippen molar-refractivity contribution >= 4 is 31.5 Å². The molecule has 0 aliphatic carbocycles. The molecule has 3 aromatic rings. The molecule has 33 heavy (non-hydrogen) atoms. The lowest BCUT2D eigenvalue weighted by Crippen LogP contribution is -2.32. The molecular formula is C23H22ClNO6S2. The van der Waals surface area contributed by atoms with Gasteiger partial charge in [0.05, 0.1) is 22.2 Å². The molecule has 1 saturated heterocycles. The Balaban J connectivity index is 1.49. The summed E-state index contributed by atoms with van der Waals surface area (Å²) >= 11 is 5.85. The third kappa shape index (κ3) is 4.86. The Bertz CT molecular complexity index is 1340. The van der Waals surface area contributed by atoms with Gasteiger partial charge in [-0.25, -0.2) is 16.8 Å². The first-order chi connectivity index (χ1) is 15.7. The van der Waals surface area contributed by atoms with Crippen molar-refractivity contribution in [2.75, 3.05) is 20.2 Å². The molecular weight excluding hydrogens is 486 g/mol. The summed E-state index contributed by atoms with van der Waals surface area (Å²) < 4.78 is 64.3. The van der Waals surface area contributed by atoms with Gasteiger partial charge in [0.1, 0.15) is 5.75 Å². The average Bonchev–Trinajstić information content (AvgIpc) is 3.32. The van der Waals surface area contributed by atoms with Crippen molar-refractivity contribution in [2.45, 2.75) is 21.5 Å². The lowest BCUT2D eigenvalue weighted by molar-refractivity contribution is 0.379. The lowest BCUT2D eigenvalue weighted by Gasteiger charge is -2.17. The van der Waals surface area contributed by atoms with Gasteiger partial charge >= 0.3 is 0 Å². The summed E-state index contributed by atoms with van der Waals surface area (Å²) in [5.74, 6) is 1.51. The molecule has 0 N–H and O–H groups in total. The van der Waals surface area contributed by atoms with E-state index in [1.54, 1.807) is 30.3 Å². The van der Waals surface area contributed by atoms with Gasteiger partial charge in [0.15, 0.2) is 21.3 Å². The van der Waals surface area contributed by atoms with Crippen LogP contribution >= 0.6 is 11.6 Å². The Hall–Kier alpha value is -2.59. The monoisotopic (exact) mass is 507 g/mol. The summed E-state index contributed by atoms with van der Waals surface area (Å²) in [5.41, 5.74) is 0. The van der Waals surface area contributed by atoms with Crippen LogP contribution in [-0.2, 0) is 19.9 Å². The SMILES string of the molecule is COc1ccccc1Oc1ccc(S(=O)(=O)N2CCC(S(=O)(=O)c3ccc(Cl)cc3)C2)cc1. The maximum Gasteiger partial charge on any atom is 0.243 e. The second kappa shape index (κ2) is 9.34. The zero-order chi connectivity index (χ0) is 23.6. The minimum atomic E-state index is -3.86. The van der Waals surface area contributed by atoms with E-state index in [0.717, 1.165) is 0 Å². The number of benzene rings is 3. The fourth-order valence-electron chi connectivity index (χ4n) is 3.64. The highest BCUT2D eigenvalue weighted by Crippen LogP contribution is 2.33. The van der Waals surface area contributed by atoms with E-state index in [1.807, 2.05) is 6.07 Å². The Morgan fingerprint density at radius 2 is 1.45 bits per heavy atom. The summed E-state index contributed by atoms with van der Waals surface area (Å²) in [4.78, 5) is 0.202. The van der Waals surface area contributed by atoms with E-state index in [9.17, 15) is 16.8 Å². The number of halogens is 1. The van der Waals surface area contributed by atoms with Gasteiger partial charge in [-0.2, -0.15) is 4.31 Å². The van der Waals surface area contributed by atoms with Crippen molar-refractivity contribution in [3.63, 3.8) is 0 Å². The second-order valence-corrected chi connectivity index (χ2v) is 12.1. The van der Waals surface area contributed by atoms with Crippen molar-refractivity contribution in [3.8, 4) is 17.2 Å². The topological polar surface area (TPSA) is 90.0 Å². The molecule has 3 aromatic carbocycles. The average molecular weight is 508 g/mol. The molecule has 0 aromatic heterocycles. The van der Waals surface area contributed by atoms with Crippen molar-refractivity contribution in [1.29, 1.82) is 0 Å². The molecule has 0 radical (unpaired) electrons. The maximum atomic E-state index is 13.1. The molecule has 1 unspecified atom stereocenters.